The molecule has 0 N–H and O–H groups in total. The average Bonchev–Trinajstić information content (AvgIpc) is 3.63. The van der Waals surface area contributed by atoms with E-state index in [1.165, 1.54) is 0 Å². The van der Waals surface area contributed by atoms with Gasteiger partial charge in [0.25, 0.3) is 0 Å². The number of hydrogen-bond acceptors (Lipinski definition) is 3. The van der Waals surface area contributed by atoms with Crippen LogP contribution in [0, 0.1) is 0 Å². The van der Waals surface area contributed by atoms with Crippen LogP contribution >= 0.6 is 34.8 Å². The van der Waals surface area contributed by atoms with Crippen LogP contribution in [0.15, 0.2) is 116 Å². The average molecular weight is 595 g/mol. The van der Waals surface area contributed by atoms with Crippen molar-refractivity contribution in [1.29, 1.82) is 0 Å². The number of imidazole rings is 1. The van der Waals surface area contributed by atoms with Gasteiger partial charge in [0.05, 0.1) is 23.7 Å². The lowest BCUT2D eigenvalue weighted by Gasteiger charge is -2.29. The third-order valence-corrected chi connectivity index (χ3v) is 8.58. The lowest BCUT2D eigenvalue weighted by molar-refractivity contribution is 0.746. The Labute approximate surface area is 251 Å². The molecule has 1 unspecified atom stereocenters. The molecule has 5 nitrogen and oxygen atoms in total. The number of alkyl halides is 1. The molecule has 0 aliphatic heterocycles. The standard InChI is InChI=1S/C33H22Cl3N5/c1-40-20-37-19-30(40)33(36,23-10-13-25(34)14-11-23)24-12-15-29-28(17-24)27(22-8-5-9-26(35)16-22)18-31-38-39-32(41(29)31)21-6-3-2-4-7-21/h2-20H,1H3. The Kier molecular flexibility index (Phi) is 6.31. The summed E-state index contributed by atoms with van der Waals surface area (Å²) in [5, 5.41) is 11.4. The van der Waals surface area contributed by atoms with Crippen molar-refractivity contribution in [3.05, 3.63) is 143 Å². The van der Waals surface area contributed by atoms with E-state index in [2.05, 4.69) is 43.8 Å². The molecule has 0 aliphatic carbocycles. The van der Waals surface area contributed by atoms with Gasteiger partial charge in [0.2, 0.25) is 0 Å². The summed E-state index contributed by atoms with van der Waals surface area (Å²) >= 11 is 20.4. The van der Waals surface area contributed by atoms with Crippen LogP contribution in [0.1, 0.15) is 16.8 Å². The van der Waals surface area contributed by atoms with Gasteiger partial charge >= 0.3 is 0 Å². The minimum atomic E-state index is -1.04. The Morgan fingerprint density at radius 1 is 0.707 bits per heavy atom. The first kappa shape index (κ1) is 25.8. The Balaban J connectivity index is 1.57. The van der Waals surface area contributed by atoms with Crippen molar-refractivity contribution in [2.75, 3.05) is 0 Å². The van der Waals surface area contributed by atoms with Gasteiger partial charge in [-0.3, -0.25) is 4.40 Å². The van der Waals surface area contributed by atoms with Gasteiger partial charge in [-0.2, -0.15) is 0 Å². The normalized spacial score (nSPS) is 13.1. The molecule has 0 amide bonds. The second-order valence-corrected chi connectivity index (χ2v) is 11.4. The molecule has 200 valence electrons. The van der Waals surface area contributed by atoms with Gasteiger partial charge in [-0.25, -0.2) is 4.98 Å². The summed E-state index contributed by atoms with van der Waals surface area (Å²) in [6, 6.07) is 33.9. The third kappa shape index (κ3) is 4.29. The fourth-order valence-electron chi connectivity index (χ4n) is 5.50. The van der Waals surface area contributed by atoms with Crippen molar-refractivity contribution in [3.8, 4) is 22.5 Å². The van der Waals surface area contributed by atoms with Gasteiger partial charge in [-0.05, 0) is 64.7 Å². The van der Waals surface area contributed by atoms with Gasteiger partial charge in [-0.1, -0.05) is 83.9 Å². The molecular formula is C33H22Cl3N5. The van der Waals surface area contributed by atoms with Gasteiger partial charge in [-0.15, -0.1) is 21.8 Å². The van der Waals surface area contributed by atoms with Gasteiger partial charge in [0, 0.05) is 28.0 Å². The lowest BCUT2D eigenvalue weighted by Crippen LogP contribution is -2.25. The Morgan fingerprint density at radius 2 is 1.46 bits per heavy atom. The second kappa shape index (κ2) is 10.0. The van der Waals surface area contributed by atoms with Crippen LogP contribution < -0.4 is 0 Å². The van der Waals surface area contributed by atoms with Gasteiger partial charge in [0.15, 0.2) is 11.5 Å². The van der Waals surface area contributed by atoms with E-state index in [1.54, 1.807) is 12.5 Å². The summed E-state index contributed by atoms with van der Waals surface area (Å²) < 4.78 is 4.03. The minimum absolute atomic E-state index is 0.642. The number of rotatable bonds is 5. The largest absolute Gasteiger partial charge is 0.336 e. The predicted octanol–water partition coefficient (Wildman–Crippen LogP) is 8.79. The molecule has 0 spiro atoms. The first-order valence-corrected chi connectivity index (χ1v) is 14.1. The highest BCUT2D eigenvalue weighted by Crippen LogP contribution is 2.45. The zero-order valence-corrected chi connectivity index (χ0v) is 24.1. The number of aryl methyl sites for hydroxylation is 1. The van der Waals surface area contributed by atoms with Gasteiger partial charge in [0.1, 0.15) is 4.87 Å². The summed E-state index contributed by atoms with van der Waals surface area (Å²) in [5.74, 6) is 0.762. The molecule has 0 fully saturated rings. The maximum atomic E-state index is 7.71. The molecular weight excluding hydrogens is 573 g/mol. The summed E-state index contributed by atoms with van der Waals surface area (Å²) in [5.41, 5.74) is 7.21. The molecule has 4 aromatic carbocycles. The molecule has 0 aliphatic rings. The predicted molar refractivity (Wildman–Crippen MR) is 167 cm³/mol. The number of hydrogen-bond donors (Lipinski definition) is 0. The fourth-order valence-corrected chi connectivity index (χ4v) is 6.24. The number of nitrogens with zero attached hydrogens (tertiary/aromatic N) is 5. The molecule has 3 heterocycles. The molecule has 3 aromatic heterocycles. The van der Waals surface area contributed by atoms with Crippen LogP contribution in [0.2, 0.25) is 10.0 Å². The smallest absolute Gasteiger partial charge is 0.168 e. The van der Waals surface area contributed by atoms with Crippen molar-refractivity contribution in [2.24, 2.45) is 7.05 Å². The summed E-state index contributed by atoms with van der Waals surface area (Å²) in [4.78, 5) is 3.35. The van der Waals surface area contributed by atoms with Crippen molar-refractivity contribution in [2.45, 2.75) is 4.87 Å². The summed E-state index contributed by atoms with van der Waals surface area (Å²) in [6.45, 7) is 0. The molecule has 0 saturated heterocycles. The highest BCUT2D eigenvalue weighted by molar-refractivity contribution is 6.31. The molecule has 1 atom stereocenters. The Hall–Kier alpha value is -4.16. The maximum absolute atomic E-state index is 7.71. The summed E-state index contributed by atoms with van der Waals surface area (Å²) in [6.07, 6.45) is 3.56. The van der Waals surface area contributed by atoms with E-state index in [-0.39, 0.29) is 0 Å². The van der Waals surface area contributed by atoms with Crippen molar-refractivity contribution >= 4 is 51.4 Å². The first-order chi connectivity index (χ1) is 19.9. The van der Waals surface area contributed by atoms with Crippen LogP contribution in [-0.2, 0) is 11.9 Å². The number of pyridine rings is 1. The van der Waals surface area contributed by atoms with Crippen LogP contribution in [0.5, 0.6) is 0 Å². The zero-order chi connectivity index (χ0) is 28.1. The maximum Gasteiger partial charge on any atom is 0.168 e. The minimum Gasteiger partial charge on any atom is -0.336 e. The molecule has 0 saturated carbocycles. The first-order valence-electron chi connectivity index (χ1n) is 13.0. The van der Waals surface area contributed by atoms with Crippen molar-refractivity contribution in [1.82, 2.24) is 24.1 Å². The van der Waals surface area contributed by atoms with E-state index < -0.39 is 4.87 Å². The molecule has 0 bridgehead atoms. The molecule has 8 heteroatoms. The number of benzene rings is 4. The number of fused-ring (bicyclic) bond motifs is 3. The van der Waals surface area contributed by atoms with Crippen LogP contribution in [0.25, 0.3) is 39.1 Å². The van der Waals surface area contributed by atoms with Crippen LogP contribution in [-0.4, -0.2) is 24.1 Å². The fraction of sp³-hybridized carbons (Fsp3) is 0.0606. The topological polar surface area (TPSA) is 48.0 Å². The van der Waals surface area contributed by atoms with Crippen LogP contribution in [0.4, 0.5) is 0 Å². The van der Waals surface area contributed by atoms with E-state index in [1.807, 2.05) is 90.5 Å². The monoisotopic (exact) mass is 593 g/mol. The third-order valence-electron chi connectivity index (χ3n) is 7.47. The molecule has 7 rings (SSSR count). The van der Waals surface area contributed by atoms with Gasteiger partial charge < -0.3 is 4.57 Å². The second-order valence-electron chi connectivity index (χ2n) is 9.94. The summed E-state index contributed by atoms with van der Waals surface area (Å²) in [7, 11) is 1.95. The van der Waals surface area contributed by atoms with E-state index in [0.717, 1.165) is 55.9 Å². The number of aromatic nitrogens is 5. The van der Waals surface area contributed by atoms with Crippen molar-refractivity contribution < 1.29 is 0 Å². The van der Waals surface area contributed by atoms with Crippen molar-refractivity contribution in [3.63, 3.8) is 0 Å². The van der Waals surface area contributed by atoms with E-state index >= 15 is 0 Å². The Bertz CT molecular complexity index is 2050. The van der Waals surface area contributed by atoms with Crippen LogP contribution in [0.3, 0.4) is 0 Å². The Morgan fingerprint density at radius 3 is 2.20 bits per heavy atom. The van der Waals surface area contributed by atoms with E-state index in [9.17, 15) is 0 Å². The highest BCUT2D eigenvalue weighted by atomic mass is 35.5. The zero-order valence-electron chi connectivity index (χ0n) is 21.8. The van der Waals surface area contributed by atoms with E-state index in [4.69, 9.17) is 34.8 Å². The molecule has 41 heavy (non-hydrogen) atoms. The SMILES string of the molecule is Cn1cncc1C(Cl)(c1ccc(Cl)cc1)c1ccc2c(c1)c(-c1cccc(Cl)c1)cc1nnc(-c3ccccc3)n12. The van der Waals surface area contributed by atoms with E-state index in [0.29, 0.717) is 10.0 Å². The number of halogens is 3. The lowest BCUT2D eigenvalue weighted by atomic mass is 9.86. The molecule has 7 aromatic rings. The molecule has 0 radical (unpaired) electrons. The quantitative estimate of drug-likeness (QED) is 0.187. The highest BCUT2D eigenvalue weighted by Gasteiger charge is 2.37.